The van der Waals surface area contributed by atoms with E-state index in [-0.39, 0.29) is 28.9 Å². The first-order valence-corrected chi connectivity index (χ1v) is 4.79. The lowest BCUT2D eigenvalue weighted by atomic mass is 10.1. The molecule has 8 heteroatoms. The maximum absolute atomic E-state index is 11.5. The molecule has 0 unspecified atom stereocenters. The van der Waals surface area contributed by atoms with Crippen molar-refractivity contribution in [3.8, 4) is 5.75 Å². The highest BCUT2D eigenvalue weighted by Crippen LogP contribution is 2.28. The second-order valence-electron chi connectivity index (χ2n) is 3.17. The summed E-state index contributed by atoms with van der Waals surface area (Å²) in [4.78, 5) is 18.8. The number of aromatic hydroxyl groups is 1. The van der Waals surface area contributed by atoms with Gasteiger partial charge in [-0.2, -0.15) is 4.99 Å². The van der Waals surface area contributed by atoms with E-state index in [0.29, 0.717) is 0 Å². The molecule has 0 saturated carbocycles. The highest BCUT2D eigenvalue weighted by Gasteiger charge is 2.16. The lowest BCUT2D eigenvalue weighted by Crippen LogP contribution is -2.26. The first-order chi connectivity index (χ1) is 8.45. The predicted octanol–water partition coefficient (Wildman–Crippen LogP) is -0.602. The van der Waals surface area contributed by atoms with Crippen LogP contribution in [-0.4, -0.2) is 30.1 Å². The lowest BCUT2D eigenvalue weighted by Gasteiger charge is -2.05. The first kappa shape index (κ1) is 13.3. The number of benzene rings is 1. The number of hydrogen-bond donors (Lipinski definition) is 4. The number of phenolic OH excluding ortho intramolecular Hbond substituents is 1. The van der Waals surface area contributed by atoms with E-state index in [9.17, 15) is 9.90 Å². The first-order valence-electron chi connectivity index (χ1n) is 4.79. The van der Waals surface area contributed by atoms with Crippen molar-refractivity contribution in [1.29, 1.82) is 0 Å². The summed E-state index contributed by atoms with van der Waals surface area (Å²) in [5, 5.41) is 9.59. The number of ether oxygens (including phenoxy) is 1. The molecule has 0 aromatic heterocycles. The third kappa shape index (κ3) is 3.11. The molecule has 0 heterocycles. The summed E-state index contributed by atoms with van der Waals surface area (Å²) in [6, 6.07) is 4.27. The molecule has 0 fully saturated rings. The van der Waals surface area contributed by atoms with Gasteiger partial charge < -0.3 is 27.0 Å². The van der Waals surface area contributed by atoms with E-state index in [2.05, 4.69) is 14.7 Å². The van der Waals surface area contributed by atoms with Gasteiger partial charge in [0, 0.05) is 0 Å². The molecule has 0 bridgehead atoms. The molecule has 1 aromatic carbocycles. The zero-order chi connectivity index (χ0) is 13.7. The lowest BCUT2D eigenvalue weighted by molar-refractivity contribution is 0.0598. The van der Waals surface area contributed by atoms with Crippen LogP contribution in [0.3, 0.4) is 0 Å². The molecule has 0 saturated heterocycles. The van der Waals surface area contributed by atoms with Gasteiger partial charge in [0.1, 0.15) is 11.3 Å². The fraction of sp³-hybridized carbons (Fsp3) is 0.100. The number of aliphatic imine (C=N–C) groups is 2. The molecule has 0 aliphatic heterocycles. The van der Waals surface area contributed by atoms with Crippen molar-refractivity contribution in [2.75, 3.05) is 7.11 Å². The molecule has 0 spiro atoms. The minimum Gasteiger partial charge on any atom is -0.507 e. The summed E-state index contributed by atoms with van der Waals surface area (Å²) < 4.78 is 4.53. The molecule has 1 aromatic rings. The topological polar surface area (TPSA) is 149 Å². The second kappa shape index (κ2) is 5.53. The van der Waals surface area contributed by atoms with E-state index >= 15 is 0 Å². The van der Waals surface area contributed by atoms with Crippen LogP contribution in [0.1, 0.15) is 10.4 Å². The Morgan fingerprint density at radius 1 is 1.33 bits per heavy atom. The van der Waals surface area contributed by atoms with Crippen molar-refractivity contribution in [2.24, 2.45) is 27.2 Å². The van der Waals surface area contributed by atoms with E-state index in [1.54, 1.807) is 0 Å². The van der Waals surface area contributed by atoms with E-state index in [1.807, 2.05) is 0 Å². The minimum atomic E-state index is -0.746. The molecule has 8 nitrogen and oxygen atoms in total. The molecule has 0 atom stereocenters. The number of methoxy groups -OCH3 is 1. The fourth-order valence-electron chi connectivity index (χ4n) is 1.21. The smallest absolute Gasteiger partial charge is 0.343 e. The summed E-state index contributed by atoms with van der Waals surface area (Å²) >= 11 is 0. The van der Waals surface area contributed by atoms with Crippen LogP contribution in [0.2, 0.25) is 0 Å². The van der Waals surface area contributed by atoms with E-state index < -0.39 is 5.97 Å². The Kier molecular flexibility index (Phi) is 4.08. The van der Waals surface area contributed by atoms with Crippen LogP contribution in [0.4, 0.5) is 5.69 Å². The van der Waals surface area contributed by atoms with Crippen LogP contribution in [0, 0.1) is 0 Å². The zero-order valence-corrected chi connectivity index (χ0v) is 9.62. The summed E-state index contributed by atoms with van der Waals surface area (Å²) in [7, 11) is 1.18. The van der Waals surface area contributed by atoms with E-state index in [1.165, 1.54) is 25.3 Å². The largest absolute Gasteiger partial charge is 0.507 e. The maximum atomic E-state index is 11.5. The van der Waals surface area contributed by atoms with Crippen LogP contribution in [0.25, 0.3) is 0 Å². The average Bonchev–Trinajstić information content (AvgIpc) is 2.27. The third-order valence-corrected chi connectivity index (χ3v) is 1.89. The van der Waals surface area contributed by atoms with Gasteiger partial charge >= 0.3 is 5.97 Å². The van der Waals surface area contributed by atoms with Crippen molar-refractivity contribution in [3.05, 3.63) is 23.8 Å². The van der Waals surface area contributed by atoms with E-state index in [0.717, 1.165) is 0 Å². The van der Waals surface area contributed by atoms with Crippen LogP contribution in [0.15, 0.2) is 28.2 Å². The zero-order valence-electron chi connectivity index (χ0n) is 9.62. The Balaban J connectivity index is 3.29. The Morgan fingerprint density at radius 2 is 2.00 bits per heavy atom. The van der Waals surface area contributed by atoms with Gasteiger partial charge in [-0.1, -0.05) is 6.07 Å². The normalized spacial score (nSPS) is 10.8. The molecule has 96 valence electrons. The Hall–Kier alpha value is -2.77. The highest BCUT2D eigenvalue weighted by molar-refractivity contribution is 6.00. The van der Waals surface area contributed by atoms with Crippen molar-refractivity contribution >= 4 is 23.6 Å². The van der Waals surface area contributed by atoms with Crippen molar-refractivity contribution in [2.45, 2.75) is 0 Å². The van der Waals surface area contributed by atoms with Crippen LogP contribution < -0.4 is 17.2 Å². The Bertz CT molecular complexity index is 520. The number of esters is 1. The number of nitrogens with zero attached hydrogens (tertiary/aromatic N) is 2. The Morgan fingerprint density at radius 3 is 2.56 bits per heavy atom. The van der Waals surface area contributed by atoms with Gasteiger partial charge in [0.15, 0.2) is 5.96 Å². The van der Waals surface area contributed by atoms with Gasteiger partial charge in [-0.05, 0) is 12.1 Å². The molecule has 0 radical (unpaired) electrons. The maximum Gasteiger partial charge on any atom is 0.343 e. The summed E-state index contributed by atoms with van der Waals surface area (Å²) in [6.07, 6.45) is 0. The predicted molar refractivity (Wildman–Crippen MR) is 66.5 cm³/mol. The van der Waals surface area contributed by atoms with Gasteiger partial charge in [0.2, 0.25) is 5.96 Å². The van der Waals surface area contributed by atoms with Gasteiger partial charge in [-0.15, -0.1) is 0 Å². The monoisotopic (exact) mass is 251 g/mol. The number of hydrogen-bond acceptors (Lipinski definition) is 4. The number of carbonyl (C=O) groups is 1. The molecule has 0 aliphatic carbocycles. The van der Waals surface area contributed by atoms with Crippen LogP contribution in [0.5, 0.6) is 5.75 Å². The third-order valence-electron chi connectivity index (χ3n) is 1.89. The molecule has 7 N–H and O–H groups in total. The number of rotatable bonds is 2. The number of phenols is 1. The second-order valence-corrected chi connectivity index (χ2v) is 3.17. The van der Waals surface area contributed by atoms with Gasteiger partial charge in [-0.25, -0.2) is 9.79 Å². The summed E-state index contributed by atoms with van der Waals surface area (Å²) in [5.74, 6) is -1.54. The highest BCUT2D eigenvalue weighted by atomic mass is 16.5. The molecule has 18 heavy (non-hydrogen) atoms. The van der Waals surface area contributed by atoms with Crippen LogP contribution >= 0.6 is 0 Å². The number of guanidine groups is 2. The molecule has 0 amide bonds. The molecular weight excluding hydrogens is 238 g/mol. The average molecular weight is 251 g/mol. The Labute approximate surface area is 103 Å². The molecule has 0 aliphatic rings. The van der Waals surface area contributed by atoms with Gasteiger partial charge in [0.05, 0.1) is 12.8 Å². The molecular formula is C10H13N5O3. The van der Waals surface area contributed by atoms with Gasteiger partial charge in [0.25, 0.3) is 0 Å². The number of carbonyl (C=O) groups excluding carboxylic acids is 1. The van der Waals surface area contributed by atoms with E-state index in [4.69, 9.17) is 17.2 Å². The molecule has 1 rings (SSSR count). The van der Waals surface area contributed by atoms with Crippen LogP contribution in [-0.2, 0) is 4.74 Å². The fourth-order valence-corrected chi connectivity index (χ4v) is 1.21. The summed E-state index contributed by atoms with van der Waals surface area (Å²) in [5.41, 5.74) is 15.7. The van der Waals surface area contributed by atoms with Crippen molar-refractivity contribution in [1.82, 2.24) is 0 Å². The minimum absolute atomic E-state index is 0.101. The quantitative estimate of drug-likeness (QED) is 0.313. The van der Waals surface area contributed by atoms with Crippen molar-refractivity contribution in [3.63, 3.8) is 0 Å². The SMILES string of the molecule is COC(=O)c1c(O)cccc1N=C(N)N=C(N)N. The van der Waals surface area contributed by atoms with Crippen molar-refractivity contribution < 1.29 is 14.6 Å². The summed E-state index contributed by atoms with van der Waals surface area (Å²) in [6.45, 7) is 0. The number of nitrogens with two attached hydrogens (primary N) is 3. The standard InChI is InChI=1S/C10H13N5O3/c1-18-8(17)7-5(3-2-4-6(7)16)14-10(13)15-9(11)12/h2-4,16H,1H3,(H6,11,12,13,14,15). The van der Waals surface area contributed by atoms with Gasteiger partial charge in [-0.3, -0.25) is 0 Å².